The van der Waals surface area contributed by atoms with Gasteiger partial charge in [-0.2, -0.15) is 0 Å². The highest BCUT2D eigenvalue weighted by molar-refractivity contribution is 5.45. The molecule has 4 rings (SSSR count). The Morgan fingerprint density at radius 2 is 1.67 bits per heavy atom. The third kappa shape index (κ3) is 5.64. The molecule has 4 atom stereocenters. The summed E-state index contributed by atoms with van der Waals surface area (Å²) in [5, 5.41) is 0. The lowest BCUT2D eigenvalue weighted by molar-refractivity contribution is 0.132. The number of allylic oxidation sites excluding steroid dienone is 3. The first-order chi connectivity index (χ1) is 16.1. The van der Waals surface area contributed by atoms with E-state index in [4.69, 9.17) is 0 Å². The first-order valence-electron chi connectivity index (χ1n) is 12.4. The maximum Gasteiger partial charge on any atom is 0.174 e. The van der Waals surface area contributed by atoms with Gasteiger partial charge in [-0.15, -0.1) is 6.58 Å². The Balaban J connectivity index is 1.44. The molecule has 0 nitrogen and oxygen atoms in total. The lowest BCUT2D eigenvalue weighted by atomic mass is 9.64. The monoisotopic (exact) mass is 444 g/mol. The van der Waals surface area contributed by atoms with E-state index in [0.717, 1.165) is 43.6 Å². The van der Waals surface area contributed by atoms with Gasteiger partial charge < -0.3 is 0 Å². The first kappa shape index (κ1) is 23.5. The van der Waals surface area contributed by atoms with Gasteiger partial charge in [-0.3, -0.25) is 0 Å². The largest absolute Gasteiger partial charge is 0.203 e. The molecule has 33 heavy (non-hydrogen) atoms. The van der Waals surface area contributed by atoms with E-state index in [1.165, 1.54) is 24.8 Å². The molecule has 2 aliphatic rings. The van der Waals surface area contributed by atoms with Crippen molar-refractivity contribution in [3.63, 3.8) is 0 Å². The van der Waals surface area contributed by atoms with Crippen molar-refractivity contribution < 1.29 is 8.78 Å². The third-order valence-electron chi connectivity index (χ3n) is 7.60. The Morgan fingerprint density at radius 3 is 2.42 bits per heavy atom. The summed E-state index contributed by atoms with van der Waals surface area (Å²) in [5.74, 6) is 6.50. The molecule has 0 amide bonds. The Hall–Kier alpha value is -2.66. The SMILES string of the molecule is C=CCCc1ccc(C#Cc2ccc(C3CCC4CC(/C=C/C)CCC4C3)c(F)c2F)cc1. The summed E-state index contributed by atoms with van der Waals surface area (Å²) in [6.07, 6.45) is 15.0. The van der Waals surface area contributed by atoms with Gasteiger partial charge >= 0.3 is 0 Å². The highest BCUT2D eigenvalue weighted by Gasteiger charge is 2.36. The Kier molecular flexibility index (Phi) is 7.81. The van der Waals surface area contributed by atoms with Crippen molar-refractivity contribution in [2.45, 2.75) is 64.2 Å². The van der Waals surface area contributed by atoms with Gasteiger partial charge in [0.05, 0.1) is 5.56 Å². The topological polar surface area (TPSA) is 0 Å². The lowest BCUT2D eigenvalue weighted by Crippen LogP contribution is -2.30. The second kappa shape index (κ2) is 11.0. The molecule has 2 aromatic rings. The van der Waals surface area contributed by atoms with Crippen molar-refractivity contribution in [2.24, 2.45) is 17.8 Å². The second-order valence-corrected chi connectivity index (χ2v) is 9.73. The smallest absolute Gasteiger partial charge is 0.174 e. The van der Waals surface area contributed by atoms with E-state index in [1.54, 1.807) is 12.1 Å². The summed E-state index contributed by atoms with van der Waals surface area (Å²) in [6, 6.07) is 11.3. The molecule has 0 radical (unpaired) electrons. The minimum absolute atomic E-state index is 0.115. The quantitative estimate of drug-likeness (QED) is 0.321. The number of benzene rings is 2. The summed E-state index contributed by atoms with van der Waals surface area (Å²) in [4.78, 5) is 0. The van der Waals surface area contributed by atoms with Gasteiger partial charge in [-0.05, 0) is 111 Å². The van der Waals surface area contributed by atoms with Crippen LogP contribution in [0.15, 0.2) is 61.2 Å². The van der Waals surface area contributed by atoms with Crippen molar-refractivity contribution in [1.29, 1.82) is 0 Å². The molecule has 0 aliphatic heterocycles. The van der Waals surface area contributed by atoms with Crippen molar-refractivity contribution in [3.05, 3.63) is 95.1 Å². The molecular formula is C31H34F2. The highest BCUT2D eigenvalue weighted by atomic mass is 19.2. The number of halogens is 2. The van der Waals surface area contributed by atoms with Gasteiger partial charge in [0.15, 0.2) is 11.6 Å². The summed E-state index contributed by atoms with van der Waals surface area (Å²) in [6.45, 7) is 5.84. The van der Waals surface area contributed by atoms with Crippen LogP contribution in [-0.2, 0) is 6.42 Å². The number of rotatable bonds is 5. The van der Waals surface area contributed by atoms with E-state index in [1.807, 2.05) is 30.3 Å². The van der Waals surface area contributed by atoms with Gasteiger partial charge in [0.2, 0.25) is 0 Å². The molecule has 0 aromatic heterocycles. The molecular weight excluding hydrogens is 410 g/mol. The van der Waals surface area contributed by atoms with Crippen molar-refractivity contribution in [3.8, 4) is 11.8 Å². The van der Waals surface area contributed by atoms with Crippen LogP contribution in [-0.4, -0.2) is 0 Å². The van der Waals surface area contributed by atoms with Gasteiger partial charge in [0.1, 0.15) is 0 Å². The number of aryl methyl sites for hydroxylation is 1. The van der Waals surface area contributed by atoms with Crippen molar-refractivity contribution >= 4 is 0 Å². The minimum Gasteiger partial charge on any atom is -0.203 e. The fourth-order valence-electron chi connectivity index (χ4n) is 5.79. The van der Waals surface area contributed by atoms with Crippen LogP contribution in [0.5, 0.6) is 0 Å². The maximum atomic E-state index is 15.1. The molecule has 172 valence electrons. The predicted octanol–water partition coefficient (Wildman–Crippen LogP) is 8.36. The third-order valence-corrected chi connectivity index (χ3v) is 7.60. The zero-order valence-corrected chi connectivity index (χ0v) is 19.6. The van der Waals surface area contributed by atoms with Crippen molar-refractivity contribution in [1.82, 2.24) is 0 Å². The molecule has 2 fully saturated rings. The van der Waals surface area contributed by atoms with E-state index < -0.39 is 11.6 Å². The Labute approximate surface area is 197 Å². The lowest BCUT2D eigenvalue weighted by Gasteiger charge is -2.41. The van der Waals surface area contributed by atoms with E-state index in [-0.39, 0.29) is 11.5 Å². The normalized spacial score (nSPS) is 24.7. The summed E-state index contributed by atoms with van der Waals surface area (Å²) >= 11 is 0. The molecule has 2 aliphatic carbocycles. The predicted molar refractivity (Wildman–Crippen MR) is 133 cm³/mol. The summed E-state index contributed by atoms with van der Waals surface area (Å²) < 4.78 is 30.0. The van der Waals surface area contributed by atoms with Crippen molar-refractivity contribution in [2.75, 3.05) is 0 Å². The zero-order chi connectivity index (χ0) is 23.2. The van der Waals surface area contributed by atoms with Crippen LogP contribution >= 0.6 is 0 Å². The average Bonchev–Trinajstić information content (AvgIpc) is 2.84. The molecule has 4 unspecified atom stereocenters. The summed E-state index contributed by atoms with van der Waals surface area (Å²) in [5.41, 5.74) is 2.69. The van der Waals surface area contributed by atoms with Crippen LogP contribution in [0, 0.1) is 41.2 Å². The van der Waals surface area contributed by atoms with E-state index in [0.29, 0.717) is 17.4 Å². The molecule has 2 aromatic carbocycles. The molecule has 2 heteroatoms. The maximum absolute atomic E-state index is 15.1. The first-order valence-corrected chi connectivity index (χ1v) is 12.4. The van der Waals surface area contributed by atoms with E-state index in [9.17, 15) is 4.39 Å². The standard InChI is InChI=1S/C31H34F2/c1-3-5-7-22-8-10-23(11-9-22)12-14-25-18-19-29(31(33)30(25)32)28-17-16-26-20-24(6-4-2)13-15-27(26)21-28/h3-4,6,8-11,18-19,24,26-28H,1,5,7,13,15-17,20-21H2,2H3/b6-4+. The van der Waals surface area contributed by atoms with Gasteiger partial charge in [-0.1, -0.05) is 48.3 Å². The fraction of sp³-hybridized carbons (Fsp3) is 0.419. The minimum atomic E-state index is -0.804. The Morgan fingerprint density at radius 1 is 0.909 bits per heavy atom. The number of hydrogen-bond donors (Lipinski definition) is 0. The van der Waals surface area contributed by atoms with Gasteiger partial charge in [0.25, 0.3) is 0 Å². The van der Waals surface area contributed by atoms with Crippen LogP contribution in [0.3, 0.4) is 0 Å². The molecule has 0 bridgehead atoms. The molecule has 0 saturated heterocycles. The van der Waals surface area contributed by atoms with Crippen LogP contribution in [0.2, 0.25) is 0 Å². The number of fused-ring (bicyclic) bond motifs is 1. The van der Waals surface area contributed by atoms with E-state index >= 15 is 4.39 Å². The second-order valence-electron chi connectivity index (χ2n) is 9.73. The Bertz CT molecular complexity index is 1050. The van der Waals surface area contributed by atoms with Gasteiger partial charge in [-0.25, -0.2) is 8.78 Å². The fourth-order valence-corrected chi connectivity index (χ4v) is 5.79. The van der Waals surface area contributed by atoms with Crippen LogP contribution in [0.1, 0.15) is 80.0 Å². The molecule has 0 spiro atoms. The van der Waals surface area contributed by atoms with E-state index in [2.05, 4.69) is 37.5 Å². The zero-order valence-electron chi connectivity index (χ0n) is 19.6. The van der Waals surface area contributed by atoms with Crippen LogP contribution in [0.4, 0.5) is 8.78 Å². The summed E-state index contributed by atoms with van der Waals surface area (Å²) in [7, 11) is 0. The highest BCUT2D eigenvalue weighted by Crippen LogP contribution is 2.48. The average molecular weight is 445 g/mol. The molecule has 2 saturated carbocycles. The number of hydrogen-bond acceptors (Lipinski definition) is 0. The van der Waals surface area contributed by atoms with Crippen LogP contribution in [0.25, 0.3) is 0 Å². The molecule has 0 heterocycles. The molecule has 0 N–H and O–H groups in total. The van der Waals surface area contributed by atoms with Gasteiger partial charge in [0, 0.05) is 5.56 Å². The van der Waals surface area contributed by atoms with Crippen LogP contribution < -0.4 is 0 Å².